The highest BCUT2D eigenvalue weighted by molar-refractivity contribution is 5.97. The predicted molar refractivity (Wildman–Crippen MR) is 87.4 cm³/mol. The molecule has 1 saturated carbocycles. The van der Waals surface area contributed by atoms with Gasteiger partial charge in [-0.15, -0.1) is 0 Å². The summed E-state index contributed by atoms with van der Waals surface area (Å²) in [5, 5.41) is 11.9. The van der Waals surface area contributed by atoms with Crippen molar-refractivity contribution in [3.63, 3.8) is 0 Å². The Balaban J connectivity index is 1.66. The first-order chi connectivity index (χ1) is 12.0. The van der Waals surface area contributed by atoms with Crippen molar-refractivity contribution in [3.8, 4) is 0 Å². The number of carboxylic acid groups (broad SMARTS) is 1. The van der Waals surface area contributed by atoms with Gasteiger partial charge in [-0.3, -0.25) is 9.59 Å². The van der Waals surface area contributed by atoms with Crippen molar-refractivity contribution < 1.29 is 23.9 Å². The Labute approximate surface area is 145 Å². The lowest BCUT2D eigenvalue weighted by Crippen LogP contribution is -2.50. The number of nitrogens with zero attached hydrogens (tertiary/aromatic N) is 1. The summed E-state index contributed by atoms with van der Waals surface area (Å²) in [6, 6.07) is 4.30. The second kappa shape index (κ2) is 7.21. The number of carbonyl (C=O) groups excluding carboxylic acids is 2. The molecule has 2 aliphatic rings. The van der Waals surface area contributed by atoms with Crippen LogP contribution in [-0.2, 0) is 9.59 Å². The van der Waals surface area contributed by atoms with E-state index in [0.717, 1.165) is 31.7 Å². The fourth-order valence-electron chi connectivity index (χ4n) is 4.02. The van der Waals surface area contributed by atoms with E-state index in [0.29, 0.717) is 6.42 Å². The Morgan fingerprint density at radius 2 is 2.00 bits per heavy atom. The maximum Gasteiger partial charge on any atom is 0.326 e. The molecule has 1 saturated heterocycles. The van der Waals surface area contributed by atoms with E-state index in [1.54, 1.807) is 0 Å². The van der Waals surface area contributed by atoms with Gasteiger partial charge in [0.25, 0.3) is 5.91 Å². The van der Waals surface area contributed by atoms with Gasteiger partial charge in [0.2, 0.25) is 5.91 Å². The lowest BCUT2D eigenvalue weighted by atomic mass is 9.85. The summed E-state index contributed by atoms with van der Waals surface area (Å²) in [6.45, 7) is -0.289. The minimum Gasteiger partial charge on any atom is -0.480 e. The zero-order valence-electron chi connectivity index (χ0n) is 13.8. The van der Waals surface area contributed by atoms with Gasteiger partial charge < -0.3 is 15.3 Å². The molecule has 7 heteroatoms. The van der Waals surface area contributed by atoms with Crippen LogP contribution in [0.1, 0.15) is 42.5 Å². The molecule has 2 N–H and O–H groups in total. The molecule has 1 aromatic rings. The number of carbonyl (C=O) groups is 3. The molecule has 0 bridgehead atoms. The fourth-order valence-corrected chi connectivity index (χ4v) is 4.02. The standard InChI is InChI=1S/C18H21FN2O4/c19-13-6-3-5-12(8-13)17(23)20-10-16(22)21-14-7-2-1-4-11(14)9-15(21)18(24)25/h3,5-6,8,11,14-15H,1-2,4,7,9-10H2,(H,20,23)(H,24,25). The van der Waals surface area contributed by atoms with Crippen LogP contribution in [0.4, 0.5) is 4.39 Å². The molecule has 2 fully saturated rings. The Hall–Kier alpha value is -2.44. The number of benzene rings is 1. The average molecular weight is 348 g/mol. The third-order valence-electron chi connectivity index (χ3n) is 5.15. The Bertz CT molecular complexity index is 693. The van der Waals surface area contributed by atoms with E-state index in [4.69, 9.17) is 0 Å². The first kappa shape index (κ1) is 17.4. The molecule has 1 aromatic carbocycles. The zero-order chi connectivity index (χ0) is 18.0. The number of fused-ring (bicyclic) bond motifs is 1. The van der Waals surface area contributed by atoms with E-state index in [1.165, 1.54) is 23.1 Å². The number of carboxylic acids is 1. The van der Waals surface area contributed by atoms with Gasteiger partial charge in [-0.25, -0.2) is 9.18 Å². The first-order valence-electron chi connectivity index (χ1n) is 8.55. The molecular weight excluding hydrogens is 327 g/mol. The molecule has 1 aliphatic carbocycles. The molecule has 0 spiro atoms. The summed E-state index contributed by atoms with van der Waals surface area (Å²) in [7, 11) is 0. The molecule has 25 heavy (non-hydrogen) atoms. The average Bonchev–Trinajstić information content (AvgIpc) is 2.99. The largest absolute Gasteiger partial charge is 0.480 e. The number of hydrogen-bond donors (Lipinski definition) is 2. The van der Waals surface area contributed by atoms with E-state index >= 15 is 0 Å². The summed E-state index contributed by atoms with van der Waals surface area (Å²) in [5.74, 6) is -2.27. The van der Waals surface area contributed by atoms with Gasteiger partial charge in [0, 0.05) is 11.6 Å². The van der Waals surface area contributed by atoms with E-state index in [-0.39, 0.29) is 24.1 Å². The highest BCUT2D eigenvalue weighted by Crippen LogP contribution is 2.39. The van der Waals surface area contributed by atoms with Crippen LogP contribution in [0, 0.1) is 11.7 Å². The number of aliphatic carboxylic acids is 1. The lowest BCUT2D eigenvalue weighted by molar-refractivity contribution is -0.149. The topological polar surface area (TPSA) is 86.7 Å². The van der Waals surface area contributed by atoms with Crippen LogP contribution in [0.2, 0.25) is 0 Å². The molecule has 0 aromatic heterocycles. The summed E-state index contributed by atoms with van der Waals surface area (Å²) in [4.78, 5) is 37.6. The van der Waals surface area contributed by atoms with Gasteiger partial charge in [0.15, 0.2) is 0 Å². The second-order valence-corrected chi connectivity index (χ2v) is 6.70. The van der Waals surface area contributed by atoms with Crippen LogP contribution in [0.15, 0.2) is 24.3 Å². The van der Waals surface area contributed by atoms with Crippen molar-refractivity contribution in [2.45, 2.75) is 44.2 Å². The van der Waals surface area contributed by atoms with Crippen LogP contribution >= 0.6 is 0 Å². The Morgan fingerprint density at radius 3 is 2.72 bits per heavy atom. The van der Waals surface area contributed by atoms with Crippen LogP contribution < -0.4 is 5.32 Å². The number of amides is 2. The number of rotatable bonds is 4. The first-order valence-corrected chi connectivity index (χ1v) is 8.55. The molecule has 3 atom stereocenters. The second-order valence-electron chi connectivity index (χ2n) is 6.70. The smallest absolute Gasteiger partial charge is 0.326 e. The van der Waals surface area contributed by atoms with Crippen molar-refractivity contribution in [1.29, 1.82) is 0 Å². The predicted octanol–water partition coefficient (Wildman–Crippen LogP) is 1.80. The van der Waals surface area contributed by atoms with Crippen molar-refractivity contribution in [2.75, 3.05) is 6.54 Å². The molecule has 1 aliphatic heterocycles. The van der Waals surface area contributed by atoms with Crippen molar-refractivity contribution in [1.82, 2.24) is 10.2 Å². The highest BCUT2D eigenvalue weighted by atomic mass is 19.1. The summed E-state index contributed by atoms with van der Waals surface area (Å²) < 4.78 is 13.2. The van der Waals surface area contributed by atoms with Crippen molar-refractivity contribution >= 4 is 17.8 Å². The third-order valence-corrected chi connectivity index (χ3v) is 5.15. The van der Waals surface area contributed by atoms with E-state index in [1.807, 2.05) is 0 Å². The quantitative estimate of drug-likeness (QED) is 0.869. The monoisotopic (exact) mass is 348 g/mol. The Kier molecular flexibility index (Phi) is 5.01. The molecule has 3 unspecified atom stereocenters. The van der Waals surface area contributed by atoms with Gasteiger partial charge in [-0.2, -0.15) is 0 Å². The molecule has 3 rings (SSSR count). The highest BCUT2D eigenvalue weighted by Gasteiger charge is 2.47. The van der Waals surface area contributed by atoms with Crippen molar-refractivity contribution in [2.24, 2.45) is 5.92 Å². The molecule has 0 radical (unpaired) electrons. The number of nitrogens with one attached hydrogen (secondary N) is 1. The van der Waals surface area contributed by atoms with Crippen LogP contribution in [0.3, 0.4) is 0 Å². The number of halogens is 1. The van der Waals surface area contributed by atoms with Gasteiger partial charge in [0.05, 0.1) is 6.54 Å². The van der Waals surface area contributed by atoms with Gasteiger partial charge in [-0.05, 0) is 43.4 Å². The van der Waals surface area contributed by atoms with Gasteiger partial charge in [0.1, 0.15) is 11.9 Å². The summed E-state index contributed by atoms with van der Waals surface area (Å²) >= 11 is 0. The molecule has 134 valence electrons. The Morgan fingerprint density at radius 1 is 1.24 bits per heavy atom. The summed E-state index contributed by atoms with van der Waals surface area (Å²) in [5.41, 5.74) is 0.125. The number of hydrogen-bond acceptors (Lipinski definition) is 3. The molecule has 1 heterocycles. The third kappa shape index (κ3) is 3.65. The number of likely N-dealkylation sites (tertiary alicyclic amines) is 1. The minimum absolute atomic E-state index is 0.0616. The zero-order valence-corrected chi connectivity index (χ0v) is 13.8. The van der Waals surface area contributed by atoms with E-state index in [2.05, 4.69) is 5.32 Å². The maximum absolute atomic E-state index is 13.2. The fraction of sp³-hybridized carbons (Fsp3) is 0.500. The van der Waals surface area contributed by atoms with Crippen LogP contribution in [0.5, 0.6) is 0 Å². The van der Waals surface area contributed by atoms with Gasteiger partial charge in [-0.1, -0.05) is 18.9 Å². The van der Waals surface area contributed by atoms with Gasteiger partial charge >= 0.3 is 5.97 Å². The molecular formula is C18H21FN2O4. The van der Waals surface area contributed by atoms with E-state index < -0.39 is 29.6 Å². The van der Waals surface area contributed by atoms with Crippen LogP contribution in [0.25, 0.3) is 0 Å². The maximum atomic E-state index is 13.2. The lowest BCUT2D eigenvalue weighted by Gasteiger charge is -2.33. The van der Waals surface area contributed by atoms with Crippen molar-refractivity contribution in [3.05, 3.63) is 35.6 Å². The minimum atomic E-state index is -1.00. The molecule has 6 nitrogen and oxygen atoms in total. The van der Waals surface area contributed by atoms with Crippen LogP contribution in [-0.4, -0.2) is 46.4 Å². The SMILES string of the molecule is O=C(NCC(=O)N1C(C(=O)O)CC2CCCCC21)c1cccc(F)c1. The molecule has 2 amide bonds. The van der Waals surface area contributed by atoms with E-state index in [9.17, 15) is 23.9 Å². The normalized spacial score (nSPS) is 25.3. The summed E-state index contributed by atoms with van der Waals surface area (Å²) in [6.07, 6.45) is 4.26.